The monoisotopic (exact) mass is 316 g/mol. The number of nitrogens with one attached hydrogen (secondary N) is 2. The van der Waals surface area contributed by atoms with Gasteiger partial charge in [0.2, 0.25) is 0 Å². The van der Waals surface area contributed by atoms with Gasteiger partial charge in [-0.3, -0.25) is 15.3 Å². The Morgan fingerprint density at radius 3 is 2.91 bits per heavy atom. The highest BCUT2D eigenvalue weighted by Gasteiger charge is 2.19. The highest BCUT2D eigenvalue weighted by Crippen LogP contribution is 2.26. The topological polar surface area (TPSA) is 102 Å². The number of benzene rings is 1. The quantitative estimate of drug-likeness (QED) is 0.441. The van der Waals surface area contributed by atoms with E-state index in [2.05, 4.69) is 15.6 Å². The van der Waals surface area contributed by atoms with E-state index in [4.69, 9.17) is 15.3 Å². The normalized spacial score (nSPS) is 17.2. The summed E-state index contributed by atoms with van der Waals surface area (Å²) in [7, 11) is 0. The molecule has 3 rings (SSSR count). The van der Waals surface area contributed by atoms with Gasteiger partial charge in [0.15, 0.2) is 0 Å². The SMILES string of the molecule is Cc1[nH]nc(-c2ccc(OCC3CCCO3)cc2)c1C(=O)NN. The summed E-state index contributed by atoms with van der Waals surface area (Å²) in [6, 6.07) is 7.46. The molecule has 1 aromatic carbocycles. The third-order valence-electron chi connectivity index (χ3n) is 3.89. The molecule has 2 aromatic rings. The summed E-state index contributed by atoms with van der Waals surface area (Å²) in [5, 5.41) is 7.01. The number of aryl methyl sites for hydroxylation is 1. The van der Waals surface area contributed by atoms with Crippen LogP contribution in [0.5, 0.6) is 5.75 Å². The van der Waals surface area contributed by atoms with E-state index in [9.17, 15) is 4.79 Å². The fourth-order valence-electron chi connectivity index (χ4n) is 2.66. The van der Waals surface area contributed by atoms with Gasteiger partial charge in [0.25, 0.3) is 5.91 Å². The summed E-state index contributed by atoms with van der Waals surface area (Å²) >= 11 is 0. The number of amides is 1. The largest absolute Gasteiger partial charge is 0.491 e. The highest BCUT2D eigenvalue weighted by atomic mass is 16.5. The van der Waals surface area contributed by atoms with Crippen LogP contribution in [0.3, 0.4) is 0 Å². The lowest BCUT2D eigenvalue weighted by Gasteiger charge is -2.11. The molecule has 7 heteroatoms. The number of H-pyrrole nitrogens is 1. The van der Waals surface area contributed by atoms with E-state index in [-0.39, 0.29) is 12.0 Å². The molecule has 1 amide bonds. The van der Waals surface area contributed by atoms with Crippen molar-refractivity contribution in [2.75, 3.05) is 13.2 Å². The predicted octanol–water partition coefficient (Wildman–Crippen LogP) is 1.55. The molecule has 1 atom stereocenters. The van der Waals surface area contributed by atoms with E-state index in [0.717, 1.165) is 30.8 Å². The lowest BCUT2D eigenvalue weighted by molar-refractivity contribution is 0.0679. The van der Waals surface area contributed by atoms with Gasteiger partial charge in [-0.1, -0.05) is 0 Å². The number of aromatic nitrogens is 2. The lowest BCUT2D eigenvalue weighted by Crippen LogP contribution is -2.30. The van der Waals surface area contributed by atoms with Crippen molar-refractivity contribution in [2.24, 2.45) is 5.84 Å². The van der Waals surface area contributed by atoms with Crippen molar-refractivity contribution in [1.82, 2.24) is 15.6 Å². The molecule has 0 aliphatic carbocycles. The summed E-state index contributed by atoms with van der Waals surface area (Å²) in [6.45, 7) is 3.15. The second kappa shape index (κ2) is 6.80. The van der Waals surface area contributed by atoms with Gasteiger partial charge in [0.1, 0.15) is 18.1 Å². The number of nitrogen functional groups attached to an aromatic ring is 1. The summed E-state index contributed by atoms with van der Waals surface area (Å²) in [6.07, 6.45) is 2.32. The molecule has 1 aliphatic heterocycles. The number of hydrazine groups is 1. The Morgan fingerprint density at radius 2 is 2.26 bits per heavy atom. The number of carbonyl (C=O) groups excluding carboxylic acids is 1. The number of aromatic amines is 1. The van der Waals surface area contributed by atoms with Gasteiger partial charge >= 0.3 is 0 Å². The van der Waals surface area contributed by atoms with Crippen molar-refractivity contribution in [2.45, 2.75) is 25.9 Å². The zero-order valence-corrected chi connectivity index (χ0v) is 13.0. The van der Waals surface area contributed by atoms with Crippen molar-refractivity contribution in [3.8, 4) is 17.0 Å². The second-order valence-corrected chi connectivity index (χ2v) is 5.52. The maximum atomic E-state index is 11.9. The van der Waals surface area contributed by atoms with E-state index in [1.165, 1.54) is 0 Å². The zero-order valence-electron chi connectivity index (χ0n) is 13.0. The molecule has 7 nitrogen and oxygen atoms in total. The molecular weight excluding hydrogens is 296 g/mol. The van der Waals surface area contributed by atoms with Crippen LogP contribution in [0.4, 0.5) is 0 Å². The van der Waals surface area contributed by atoms with Crippen LogP contribution < -0.4 is 16.0 Å². The van der Waals surface area contributed by atoms with Crippen molar-refractivity contribution < 1.29 is 14.3 Å². The molecule has 1 saturated heterocycles. The Labute approximate surface area is 134 Å². The lowest BCUT2D eigenvalue weighted by atomic mass is 10.1. The van der Waals surface area contributed by atoms with E-state index < -0.39 is 0 Å². The van der Waals surface area contributed by atoms with Crippen molar-refractivity contribution >= 4 is 5.91 Å². The van der Waals surface area contributed by atoms with Gasteiger partial charge in [0.05, 0.1) is 11.7 Å². The molecular formula is C16H20N4O3. The molecule has 122 valence electrons. The predicted molar refractivity (Wildman–Crippen MR) is 84.9 cm³/mol. The van der Waals surface area contributed by atoms with Crippen LogP contribution in [-0.2, 0) is 4.74 Å². The molecule has 1 aromatic heterocycles. The fourth-order valence-corrected chi connectivity index (χ4v) is 2.66. The van der Waals surface area contributed by atoms with Crippen LogP contribution in [0, 0.1) is 6.92 Å². The minimum Gasteiger partial charge on any atom is -0.491 e. The number of nitrogens with zero attached hydrogens (tertiary/aromatic N) is 1. The Hall–Kier alpha value is -2.38. The van der Waals surface area contributed by atoms with Gasteiger partial charge in [0, 0.05) is 17.9 Å². The molecule has 1 aliphatic rings. The molecule has 0 spiro atoms. The van der Waals surface area contributed by atoms with Gasteiger partial charge in [-0.05, 0) is 44.0 Å². The number of hydrogen-bond donors (Lipinski definition) is 3. The average Bonchev–Trinajstić information content (AvgIpc) is 3.22. The molecule has 2 heterocycles. The van der Waals surface area contributed by atoms with Crippen LogP contribution in [0.1, 0.15) is 28.9 Å². The Kier molecular flexibility index (Phi) is 4.59. The first-order chi connectivity index (χ1) is 11.2. The Balaban J connectivity index is 1.73. The number of rotatable bonds is 5. The summed E-state index contributed by atoms with van der Waals surface area (Å²) < 4.78 is 11.3. The maximum absolute atomic E-state index is 11.9. The van der Waals surface area contributed by atoms with Crippen LogP contribution >= 0.6 is 0 Å². The van der Waals surface area contributed by atoms with Crippen molar-refractivity contribution in [3.63, 3.8) is 0 Å². The summed E-state index contributed by atoms with van der Waals surface area (Å²) in [5.41, 5.74) is 4.64. The number of ether oxygens (including phenoxy) is 2. The molecule has 1 fully saturated rings. The van der Waals surface area contributed by atoms with E-state index in [1.54, 1.807) is 6.92 Å². The summed E-state index contributed by atoms with van der Waals surface area (Å²) in [5.74, 6) is 5.62. The maximum Gasteiger partial charge on any atom is 0.269 e. The first kappa shape index (κ1) is 15.5. The Bertz CT molecular complexity index is 675. The molecule has 0 saturated carbocycles. The zero-order chi connectivity index (χ0) is 16.2. The van der Waals surface area contributed by atoms with Crippen molar-refractivity contribution in [1.29, 1.82) is 0 Å². The van der Waals surface area contributed by atoms with Crippen LogP contribution in [0.15, 0.2) is 24.3 Å². The van der Waals surface area contributed by atoms with E-state index in [1.807, 2.05) is 24.3 Å². The van der Waals surface area contributed by atoms with E-state index >= 15 is 0 Å². The second-order valence-electron chi connectivity index (χ2n) is 5.52. The van der Waals surface area contributed by atoms with Crippen LogP contribution in [0.2, 0.25) is 0 Å². The first-order valence-electron chi connectivity index (χ1n) is 7.60. The first-order valence-corrected chi connectivity index (χ1v) is 7.60. The minimum absolute atomic E-state index is 0.184. The highest BCUT2D eigenvalue weighted by molar-refractivity contribution is 6.00. The third kappa shape index (κ3) is 3.35. The fraction of sp³-hybridized carbons (Fsp3) is 0.375. The molecule has 1 unspecified atom stereocenters. The molecule has 4 N–H and O–H groups in total. The molecule has 0 radical (unpaired) electrons. The smallest absolute Gasteiger partial charge is 0.269 e. The number of hydrogen-bond acceptors (Lipinski definition) is 5. The van der Waals surface area contributed by atoms with Crippen LogP contribution in [-0.4, -0.2) is 35.4 Å². The molecule has 23 heavy (non-hydrogen) atoms. The number of carbonyl (C=O) groups is 1. The van der Waals surface area contributed by atoms with Gasteiger partial charge in [-0.15, -0.1) is 0 Å². The Morgan fingerprint density at radius 1 is 1.48 bits per heavy atom. The molecule has 0 bridgehead atoms. The average molecular weight is 316 g/mol. The van der Waals surface area contributed by atoms with E-state index in [0.29, 0.717) is 23.6 Å². The van der Waals surface area contributed by atoms with Gasteiger partial charge in [-0.25, -0.2) is 5.84 Å². The summed E-state index contributed by atoms with van der Waals surface area (Å²) in [4.78, 5) is 11.9. The van der Waals surface area contributed by atoms with Gasteiger partial charge < -0.3 is 9.47 Å². The van der Waals surface area contributed by atoms with Crippen molar-refractivity contribution in [3.05, 3.63) is 35.5 Å². The van der Waals surface area contributed by atoms with Gasteiger partial charge in [-0.2, -0.15) is 5.10 Å². The minimum atomic E-state index is -0.370. The standard InChI is InChI=1S/C16H20N4O3/c1-10-14(16(21)18-17)15(20-19-10)11-4-6-12(7-5-11)23-9-13-3-2-8-22-13/h4-7,13H,2-3,8-9,17H2,1H3,(H,18,21)(H,19,20). The number of nitrogens with two attached hydrogens (primary N) is 1. The van der Waals surface area contributed by atoms with Crippen LogP contribution in [0.25, 0.3) is 11.3 Å². The third-order valence-corrected chi connectivity index (χ3v) is 3.89.